The molecule has 2 rings (SSSR count). The van der Waals surface area contributed by atoms with Gasteiger partial charge in [-0.1, -0.05) is 50.4 Å². The first kappa shape index (κ1) is 13.9. The molecular formula is C16H24ClN. The van der Waals surface area contributed by atoms with E-state index in [0.29, 0.717) is 12.0 Å². The minimum absolute atomic E-state index is 0.447. The van der Waals surface area contributed by atoms with Crippen molar-refractivity contribution in [3.63, 3.8) is 0 Å². The third-order valence-corrected chi connectivity index (χ3v) is 4.25. The van der Waals surface area contributed by atoms with Gasteiger partial charge in [0.1, 0.15) is 0 Å². The number of halogens is 1. The average molecular weight is 266 g/mol. The highest BCUT2D eigenvalue weighted by molar-refractivity contribution is 6.30. The van der Waals surface area contributed by atoms with Crippen LogP contribution in [0.5, 0.6) is 0 Å². The molecule has 1 nitrogen and oxygen atoms in total. The predicted octanol–water partition coefficient (Wildman–Crippen LogP) is 4.82. The van der Waals surface area contributed by atoms with E-state index in [4.69, 9.17) is 11.6 Å². The molecule has 1 aliphatic rings. The lowest BCUT2D eigenvalue weighted by Gasteiger charge is -2.25. The molecule has 0 saturated heterocycles. The lowest BCUT2D eigenvalue weighted by Crippen LogP contribution is -2.29. The van der Waals surface area contributed by atoms with Crippen molar-refractivity contribution in [3.8, 4) is 0 Å². The molecule has 0 radical (unpaired) electrons. The molecule has 1 aliphatic carbocycles. The van der Waals surface area contributed by atoms with Crippen molar-refractivity contribution >= 4 is 11.6 Å². The largest absolute Gasteiger partial charge is 0.309 e. The third kappa shape index (κ3) is 3.73. The molecular weight excluding hydrogens is 242 g/mol. The molecule has 0 amide bonds. The van der Waals surface area contributed by atoms with E-state index in [1.807, 2.05) is 12.1 Å². The van der Waals surface area contributed by atoms with Crippen LogP contribution < -0.4 is 5.32 Å². The predicted molar refractivity (Wildman–Crippen MR) is 79.0 cm³/mol. The Morgan fingerprint density at radius 2 is 1.78 bits per heavy atom. The van der Waals surface area contributed by atoms with E-state index >= 15 is 0 Å². The van der Waals surface area contributed by atoms with Gasteiger partial charge in [-0.15, -0.1) is 0 Å². The first-order valence-corrected chi connectivity index (χ1v) is 7.53. The van der Waals surface area contributed by atoms with E-state index < -0.39 is 0 Å². The Bertz CT molecular complexity index is 352. The lowest BCUT2D eigenvalue weighted by molar-refractivity contribution is 0.371. The van der Waals surface area contributed by atoms with Gasteiger partial charge in [-0.05, 0) is 48.9 Å². The summed E-state index contributed by atoms with van der Waals surface area (Å²) in [6.45, 7) is 5.72. The van der Waals surface area contributed by atoms with Crippen LogP contribution in [-0.4, -0.2) is 6.54 Å². The van der Waals surface area contributed by atoms with Gasteiger partial charge in [-0.25, -0.2) is 0 Å². The summed E-state index contributed by atoms with van der Waals surface area (Å²) in [5.74, 6) is 1.49. The van der Waals surface area contributed by atoms with Gasteiger partial charge < -0.3 is 5.32 Å². The molecule has 1 aromatic carbocycles. The summed E-state index contributed by atoms with van der Waals surface area (Å²) in [6, 6.07) is 8.72. The van der Waals surface area contributed by atoms with Crippen molar-refractivity contribution < 1.29 is 0 Å². The Kier molecular flexibility index (Phi) is 5.08. The molecule has 1 unspecified atom stereocenters. The molecule has 1 saturated carbocycles. The van der Waals surface area contributed by atoms with Crippen LogP contribution in [-0.2, 0) is 0 Å². The standard InChI is InChI=1S/C16H24ClN/c1-12(2)16(14-7-9-15(17)10-8-14)18-11-13-5-3-4-6-13/h7-10,12-13,16,18H,3-6,11H2,1-2H3. The number of benzene rings is 1. The number of nitrogens with one attached hydrogen (secondary N) is 1. The van der Waals surface area contributed by atoms with Crippen LogP contribution in [0.15, 0.2) is 24.3 Å². The normalized spacial score (nSPS) is 18.4. The summed E-state index contributed by atoms with van der Waals surface area (Å²) in [4.78, 5) is 0. The second-order valence-corrected chi connectivity index (χ2v) is 6.27. The maximum Gasteiger partial charge on any atom is 0.0406 e. The van der Waals surface area contributed by atoms with Gasteiger partial charge in [0.25, 0.3) is 0 Å². The topological polar surface area (TPSA) is 12.0 Å². The Morgan fingerprint density at radius 1 is 1.17 bits per heavy atom. The molecule has 0 bridgehead atoms. The Balaban J connectivity index is 1.96. The molecule has 0 spiro atoms. The average Bonchev–Trinajstić information content (AvgIpc) is 2.84. The van der Waals surface area contributed by atoms with E-state index in [9.17, 15) is 0 Å². The second-order valence-electron chi connectivity index (χ2n) is 5.83. The highest BCUT2D eigenvalue weighted by atomic mass is 35.5. The summed E-state index contributed by atoms with van der Waals surface area (Å²) in [7, 11) is 0. The van der Waals surface area contributed by atoms with Crippen molar-refractivity contribution in [1.82, 2.24) is 5.32 Å². The molecule has 1 N–H and O–H groups in total. The van der Waals surface area contributed by atoms with Gasteiger partial charge >= 0.3 is 0 Å². The van der Waals surface area contributed by atoms with Crippen LogP contribution in [0.25, 0.3) is 0 Å². The van der Waals surface area contributed by atoms with Gasteiger partial charge in [-0.3, -0.25) is 0 Å². The molecule has 1 fully saturated rings. The maximum absolute atomic E-state index is 5.96. The molecule has 0 aliphatic heterocycles. The molecule has 18 heavy (non-hydrogen) atoms. The second kappa shape index (κ2) is 6.58. The van der Waals surface area contributed by atoms with E-state index in [2.05, 4.69) is 31.3 Å². The minimum Gasteiger partial charge on any atom is -0.309 e. The summed E-state index contributed by atoms with van der Waals surface area (Å²) < 4.78 is 0. The summed E-state index contributed by atoms with van der Waals surface area (Å²) in [5, 5.41) is 4.57. The van der Waals surface area contributed by atoms with Crippen LogP contribution in [0.1, 0.15) is 51.1 Å². The van der Waals surface area contributed by atoms with Gasteiger partial charge in [0, 0.05) is 11.1 Å². The van der Waals surface area contributed by atoms with Crippen LogP contribution in [0.4, 0.5) is 0 Å². The number of hydrogen-bond acceptors (Lipinski definition) is 1. The fraction of sp³-hybridized carbons (Fsp3) is 0.625. The lowest BCUT2D eigenvalue weighted by atomic mass is 9.95. The van der Waals surface area contributed by atoms with E-state index in [-0.39, 0.29) is 0 Å². The quantitative estimate of drug-likeness (QED) is 0.805. The summed E-state index contributed by atoms with van der Waals surface area (Å²) >= 11 is 5.96. The molecule has 0 heterocycles. The first-order valence-electron chi connectivity index (χ1n) is 7.15. The molecule has 1 atom stereocenters. The van der Waals surface area contributed by atoms with Crippen LogP contribution >= 0.6 is 11.6 Å². The molecule has 0 aromatic heterocycles. The fourth-order valence-electron chi connectivity index (χ4n) is 2.92. The number of hydrogen-bond donors (Lipinski definition) is 1. The highest BCUT2D eigenvalue weighted by Gasteiger charge is 2.19. The smallest absolute Gasteiger partial charge is 0.0406 e. The Labute approximate surface area is 116 Å². The van der Waals surface area contributed by atoms with Crippen molar-refractivity contribution in [2.45, 2.75) is 45.6 Å². The zero-order chi connectivity index (χ0) is 13.0. The third-order valence-electron chi connectivity index (χ3n) is 4.00. The van der Waals surface area contributed by atoms with E-state index in [1.54, 1.807) is 0 Å². The van der Waals surface area contributed by atoms with Crippen molar-refractivity contribution in [3.05, 3.63) is 34.9 Å². The SMILES string of the molecule is CC(C)C(NCC1CCCC1)c1ccc(Cl)cc1. The molecule has 100 valence electrons. The van der Waals surface area contributed by atoms with Crippen molar-refractivity contribution in [2.75, 3.05) is 6.54 Å². The van der Waals surface area contributed by atoms with Crippen LogP contribution in [0.3, 0.4) is 0 Å². The Hall–Kier alpha value is -0.530. The zero-order valence-corrected chi connectivity index (χ0v) is 12.2. The van der Waals surface area contributed by atoms with Crippen LogP contribution in [0.2, 0.25) is 5.02 Å². The van der Waals surface area contributed by atoms with Gasteiger partial charge in [0.05, 0.1) is 0 Å². The Morgan fingerprint density at radius 3 is 2.33 bits per heavy atom. The maximum atomic E-state index is 5.96. The number of rotatable bonds is 5. The zero-order valence-electron chi connectivity index (χ0n) is 11.5. The van der Waals surface area contributed by atoms with Crippen molar-refractivity contribution in [2.24, 2.45) is 11.8 Å². The molecule has 1 aromatic rings. The first-order chi connectivity index (χ1) is 8.66. The van der Waals surface area contributed by atoms with Crippen LogP contribution in [0, 0.1) is 11.8 Å². The summed E-state index contributed by atoms with van der Waals surface area (Å²) in [5.41, 5.74) is 1.35. The fourth-order valence-corrected chi connectivity index (χ4v) is 3.04. The summed E-state index contributed by atoms with van der Waals surface area (Å²) in [6.07, 6.45) is 5.64. The van der Waals surface area contributed by atoms with E-state index in [0.717, 1.165) is 17.5 Å². The highest BCUT2D eigenvalue weighted by Crippen LogP contribution is 2.27. The van der Waals surface area contributed by atoms with Crippen molar-refractivity contribution in [1.29, 1.82) is 0 Å². The van der Waals surface area contributed by atoms with Gasteiger partial charge in [-0.2, -0.15) is 0 Å². The van der Waals surface area contributed by atoms with Gasteiger partial charge in [0.15, 0.2) is 0 Å². The van der Waals surface area contributed by atoms with Gasteiger partial charge in [0.2, 0.25) is 0 Å². The van der Waals surface area contributed by atoms with E-state index in [1.165, 1.54) is 31.2 Å². The minimum atomic E-state index is 0.447. The molecule has 2 heteroatoms. The monoisotopic (exact) mass is 265 g/mol.